The van der Waals surface area contributed by atoms with Gasteiger partial charge in [-0.25, -0.2) is 8.42 Å². The number of hydrogen-bond donors (Lipinski definition) is 0. The minimum absolute atomic E-state index is 0.209. The number of nitriles is 1. The fourth-order valence-corrected chi connectivity index (χ4v) is 4.09. The van der Waals surface area contributed by atoms with E-state index < -0.39 is 9.84 Å². The molecule has 0 N–H and O–H groups in total. The van der Waals surface area contributed by atoms with E-state index in [0.717, 1.165) is 0 Å². The summed E-state index contributed by atoms with van der Waals surface area (Å²) in [6, 6.07) is 13.6. The fraction of sp³-hybridized carbons (Fsp3) is 0.278. The molecule has 0 radical (unpaired) electrons. The van der Waals surface area contributed by atoms with Gasteiger partial charge in [0.2, 0.25) is 9.84 Å². The summed E-state index contributed by atoms with van der Waals surface area (Å²) < 4.78 is 25.7. The first-order valence-electron chi connectivity index (χ1n) is 7.64. The molecule has 2 aromatic carbocycles. The Bertz CT molecular complexity index is 859. The lowest BCUT2D eigenvalue weighted by Gasteiger charge is -2.24. The second-order valence-electron chi connectivity index (χ2n) is 5.38. The Labute approximate surface area is 148 Å². The molecule has 0 amide bonds. The first-order valence-corrected chi connectivity index (χ1v) is 9.50. The maximum absolute atomic E-state index is 12.9. The van der Waals surface area contributed by atoms with E-state index >= 15 is 0 Å². The monoisotopic (exact) mass is 362 g/mol. The van der Waals surface area contributed by atoms with Gasteiger partial charge in [-0.15, -0.1) is 0 Å². The van der Waals surface area contributed by atoms with E-state index in [1.807, 2.05) is 11.8 Å². The van der Waals surface area contributed by atoms with Gasteiger partial charge in [-0.1, -0.05) is 29.8 Å². The first kappa shape index (κ1) is 18.3. The van der Waals surface area contributed by atoms with E-state index in [-0.39, 0.29) is 9.79 Å². The van der Waals surface area contributed by atoms with Gasteiger partial charge in [0.1, 0.15) is 0 Å². The van der Waals surface area contributed by atoms with Crippen LogP contribution in [0.25, 0.3) is 0 Å². The van der Waals surface area contributed by atoms with Crippen molar-refractivity contribution in [3.05, 3.63) is 53.1 Å². The summed E-state index contributed by atoms with van der Waals surface area (Å²) in [4.78, 5) is 2.38. The summed E-state index contributed by atoms with van der Waals surface area (Å²) in [7, 11) is -3.61. The van der Waals surface area contributed by atoms with Crippen molar-refractivity contribution in [1.29, 1.82) is 5.26 Å². The molecule has 0 saturated carbocycles. The van der Waals surface area contributed by atoms with E-state index in [2.05, 4.69) is 6.07 Å². The standard InChI is InChI=1S/C18H19ClN2O2S/c1-3-21(11-7-10-20)17-13-16(12-14(2)18(17)19)24(22,23)15-8-5-4-6-9-15/h4-6,8-9,12-13H,3,7,11H2,1-2H3. The topological polar surface area (TPSA) is 61.2 Å². The molecular weight excluding hydrogens is 344 g/mol. The van der Waals surface area contributed by atoms with Crippen LogP contribution in [0, 0.1) is 18.3 Å². The van der Waals surface area contributed by atoms with Crippen molar-refractivity contribution in [1.82, 2.24) is 0 Å². The molecule has 2 rings (SSSR count). The molecule has 0 aliphatic carbocycles. The third-order valence-corrected chi connectivity index (χ3v) is 6.03. The molecule has 0 aromatic heterocycles. The van der Waals surface area contributed by atoms with Crippen LogP contribution in [0.15, 0.2) is 52.3 Å². The van der Waals surface area contributed by atoms with Crippen LogP contribution in [-0.4, -0.2) is 21.5 Å². The van der Waals surface area contributed by atoms with E-state index in [0.29, 0.717) is 35.8 Å². The van der Waals surface area contributed by atoms with Crippen molar-refractivity contribution >= 4 is 27.1 Å². The predicted octanol–water partition coefficient (Wildman–Crippen LogP) is 4.22. The van der Waals surface area contributed by atoms with Gasteiger partial charge < -0.3 is 4.90 Å². The lowest BCUT2D eigenvalue weighted by Crippen LogP contribution is -2.24. The molecule has 126 valence electrons. The summed E-state index contributed by atoms with van der Waals surface area (Å²) in [5, 5.41) is 9.32. The summed E-state index contributed by atoms with van der Waals surface area (Å²) in [6.45, 7) is 4.87. The number of rotatable bonds is 6. The Morgan fingerprint density at radius 1 is 1.17 bits per heavy atom. The lowest BCUT2D eigenvalue weighted by molar-refractivity contribution is 0.596. The van der Waals surface area contributed by atoms with Crippen molar-refractivity contribution < 1.29 is 8.42 Å². The van der Waals surface area contributed by atoms with Gasteiger partial charge in [0.25, 0.3) is 0 Å². The highest BCUT2D eigenvalue weighted by atomic mass is 35.5. The maximum atomic E-state index is 12.9. The lowest BCUT2D eigenvalue weighted by atomic mass is 10.2. The van der Waals surface area contributed by atoms with Crippen LogP contribution in [0.5, 0.6) is 0 Å². The fourth-order valence-electron chi connectivity index (χ4n) is 2.47. The number of hydrogen-bond acceptors (Lipinski definition) is 4. The van der Waals surface area contributed by atoms with E-state index in [1.165, 1.54) is 0 Å². The van der Waals surface area contributed by atoms with E-state index in [4.69, 9.17) is 16.9 Å². The van der Waals surface area contributed by atoms with Crippen LogP contribution in [0.2, 0.25) is 5.02 Å². The number of sulfone groups is 1. The molecule has 6 heteroatoms. The van der Waals surface area contributed by atoms with Gasteiger partial charge in [-0.3, -0.25) is 0 Å². The molecule has 2 aromatic rings. The van der Waals surface area contributed by atoms with Crippen molar-refractivity contribution in [2.45, 2.75) is 30.1 Å². The Morgan fingerprint density at radius 3 is 2.42 bits per heavy atom. The van der Waals surface area contributed by atoms with Gasteiger partial charge in [0.15, 0.2) is 0 Å². The van der Waals surface area contributed by atoms with Crippen LogP contribution < -0.4 is 4.90 Å². The summed E-state index contributed by atoms with van der Waals surface area (Å²) in [5.74, 6) is 0. The molecule has 0 unspecified atom stereocenters. The van der Waals surface area contributed by atoms with E-state index in [1.54, 1.807) is 49.4 Å². The highest BCUT2D eigenvalue weighted by Gasteiger charge is 2.21. The number of anilines is 1. The number of halogens is 1. The van der Waals surface area contributed by atoms with Gasteiger partial charge in [-0.2, -0.15) is 5.26 Å². The van der Waals surface area contributed by atoms with Crippen LogP contribution >= 0.6 is 11.6 Å². The van der Waals surface area contributed by atoms with Crippen LogP contribution in [0.3, 0.4) is 0 Å². The highest BCUT2D eigenvalue weighted by Crippen LogP contribution is 2.34. The minimum Gasteiger partial charge on any atom is -0.370 e. The van der Waals surface area contributed by atoms with Gasteiger partial charge in [-0.05, 0) is 43.7 Å². The Hall–Kier alpha value is -2.03. The zero-order chi connectivity index (χ0) is 17.7. The summed E-state index contributed by atoms with van der Waals surface area (Å²) in [5.41, 5.74) is 1.34. The van der Waals surface area contributed by atoms with Gasteiger partial charge in [0.05, 0.1) is 33.0 Å². The SMILES string of the molecule is CCN(CCC#N)c1cc(S(=O)(=O)c2ccccc2)cc(C)c1Cl. The Balaban J connectivity index is 2.56. The van der Waals surface area contributed by atoms with Gasteiger partial charge in [0, 0.05) is 13.1 Å². The molecule has 4 nitrogen and oxygen atoms in total. The third kappa shape index (κ3) is 3.72. The molecule has 0 aliphatic rings. The molecule has 0 fully saturated rings. The molecule has 0 aliphatic heterocycles. The van der Waals surface area contributed by atoms with Crippen molar-refractivity contribution in [3.63, 3.8) is 0 Å². The normalized spacial score (nSPS) is 11.1. The molecule has 0 bridgehead atoms. The van der Waals surface area contributed by atoms with Crippen LogP contribution in [0.4, 0.5) is 5.69 Å². The van der Waals surface area contributed by atoms with Crippen molar-refractivity contribution in [2.24, 2.45) is 0 Å². The van der Waals surface area contributed by atoms with Crippen molar-refractivity contribution in [3.8, 4) is 6.07 Å². The average Bonchev–Trinajstić information content (AvgIpc) is 2.59. The number of aryl methyl sites for hydroxylation is 1. The van der Waals surface area contributed by atoms with Crippen molar-refractivity contribution in [2.75, 3.05) is 18.0 Å². The molecule has 0 saturated heterocycles. The highest BCUT2D eigenvalue weighted by molar-refractivity contribution is 7.91. The Morgan fingerprint density at radius 2 is 1.83 bits per heavy atom. The second kappa shape index (κ2) is 7.69. The number of nitrogens with zero attached hydrogens (tertiary/aromatic N) is 2. The molecule has 0 spiro atoms. The zero-order valence-electron chi connectivity index (χ0n) is 13.7. The van der Waals surface area contributed by atoms with Crippen LogP contribution in [0.1, 0.15) is 18.9 Å². The molecule has 0 atom stereocenters. The Kier molecular flexibility index (Phi) is 5.87. The second-order valence-corrected chi connectivity index (χ2v) is 7.71. The van der Waals surface area contributed by atoms with Gasteiger partial charge >= 0.3 is 0 Å². The predicted molar refractivity (Wildman–Crippen MR) is 96.2 cm³/mol. The summed E-state index contributed by atoms with van der Waals surface area (Å²) >= 11 is 6.39. The quantitative estimate of drug-likeness (QED) is 0.771. The first-order chi connectivity index (χ1) is 11.4. The molecule has 0 heterocycles. The van der Waals surface area contributed by atoms with E-state index in [9.17, 15) is 8.42 Å². The minimum atomic E-state index is -3.61. The van der Waals surface area contributed by atoms with Crippen LogP contribution in [-0.2, 0) is 9.84 Å². The zero-order valence-corrected chi connectivity index (χ0v) is 15.2. The average molecular weight is 363 g/mol. The molecular formula is C18H19ClN2O2S. The largest absolute Gasteiger partial charge is 0.370 e. The maximum Gasteiger partial charge on any atom is 0.206 e. The smallest absolute Gasteiger partial charge is 0.206 e. The number of benzene rings is 2. The molecule has 24 heavy (non-hydrogen) atoms. The summed E-state index contributed by atoms with van der Waals surface area (Å²) in [6.07, 6.45) is 0.346. The third-order valence-electron chi connectivity index (χ3n) is 3.79.